The summed E-state index contributed by atoms with van der Waals surface area (Å²) in [7, 11) is 2.89. The molecule has 0 bridgehead atoms. The number of carbonyl (C=O) groups is 1. The van der Waals surface area contributed by atoms with Crippen molar-refractivity contribution in [1.82, 2.24) is 14.0 Å². The van der Waals surface area contributed by atoms with Crippen LogP contribution in [0.1, 0.15) is 29.8 Å². The van der Waals surface area contributed by atoms with Gasteiger partial charge in [0.25, 0.3) is 11.5 Å². The molecule has 1 aliphatic heterocycles. The summed E-state index contributed by atoms with van der Waals surface area (Å²) in [4.78, 5) is 37.7. The van der Waals surface area contributed by atoms with Gasteiger partial charge in [0.2, 0.25) is 0 Å². The summed E-state index contributed by atoms with van der Waals surface area (Å²) in [5, 5.41) is 0. The fraction of sp³-hybridized carbons (Fsp3) is 0.615. The molecule has 0 radical (unpaired) electrons. The first-order valence-electron chi connectivity index (χ1n) is 6.73. The molecule has 1 saturated heterocycles. The molecule has 20 heavy (non-hydrogen) atoms. The number of carbonyl (C=O) groups excluding carboxylic acids is 1. The molecule has 7 nitrogen and oxygen atoms in total. The third-order valence-corrected chi connectivity index (χ3v) is 3.81. The molecule has 7 heteroatoms. The molecule has 1 amide bonds. The van der Waals surface area contributed by atoms with E-state index in [2.05, 4.69) is 0 Å². The average Bonchev–Trinajstić information content (AvgIpc) is 2.64. The first-order valence-corrected chi connectivity index (χ1v) is 6.73. The molecule has 1 fully saturated rings. The Balaban J connectivity index is 2.34. The molecule has 1 atom stereocenters. The Kier molecular flexibility index (Phi) is 4.08. The van der Waals surface area contributed by atoms with Crippen molar-refractivity contribution in [1.29, 1.82) is 0 Å². The lowest BCUT2D eigenvalue weighted by atomic mass is 10.1. The van der Waals surface area contributed by atoms with Crippen LogP contribution in [0.15, 0.2) is 15.7 Å². The van der Waals surface area contributed by atoms with Gasteiger partial charge in [-0.15, -0.1) is 0 Å². The zero-order valence-electron chi connectivity index (χ0n) is 11.8. The van der Waals surface area contributed by atoms with Gasteiger partial charge in [-0.2, -0.15) is 0 Å². The molecule has 110 valence electrons. The van der Waals surface area contributed by atoms with Gasteiger partial charge in [-0.05, 0) is 19.3 Å². The highest BCUT2D eigenvalue weighted by Crippen LogP contribution is 2.11. The summed E-state index contributed by atoms with van der Waals surface area (Å²) in [6.07, 6.45) is 2.47. The molecule has 1 aromatic heterocycles. The number of amides is 1. The summed E-state index contributed by atoms with van der Waals surface area (Å²) in [6.45, 7) is 1.17. The smallest absolute Gasteiger partial charge is 0.331 e. The molecular weight excluding hydrogens is 260 g/mol. The monoisotopic (exact) mass is 280 g/mol. The van der Waals surface area contributed by atoms with Gasteiger partial charge >= 0.3 is 5.69 Å². The van der Waals surface area contributed by atoms with Crippen molar-refractivity contribution in [2.45, 2.75) is 25.3 Å². The van der Waals surface area contributed by atoms with E-state index in [0.29, 0.717) is 13.1 Å². The van der Waals surface area contributed by atoms with E-state index in [1.54, 1.807) is 4.90 Å². The lowest BCUT2D eigenvalue weighted by molar-refractivity contribution is 0.0749. The number of nitrogens with two attached hydrogens (primary N) is 1. The van der Waals surface area contributed by atoms with Gasteiger partial charge < -0.3 is 10.6 Å². The Morgan fingerprint density at radius 2 is 1.90 bits per heavy atom. The van der Waals surface area contributed by atoms with Crippen LogP contribution >= 0.6 is 0 Å². The normalized spacial score (nSPS) is 19.8. The van der Waals surface area contributed by atoms with Crippen molar-refractivity contribution in [2.75, 3.05) is 13.1 Å². The second-order valence-corrected chi connectivity index (χ2v) is 5.25. The number of nitrogens with zero attached hydrogens (tertiary/aromatic N) is 3. The van der Waals surface area contributed by atoms with Crippen LogP contribution in [0.4, 0.5) is 0 Å². The van der Waals surface area contributed by atoms with Crippen molar-refractivity contribution in [3.63, 3.8) is 0 Å². The molecule has 1 aliphatic rings. The first-order chi connectivity index (χ1) is 9.41. The van der Waals surface area contributed by atoms with E-state index in [1.807, 2.05) is 0 Å². The van der Waals surface area contributed by atoms with Gasteiger partial charge in [0, 0.05) is 39.3 Å². The minimum Gasteiger partial charge on any atom is -0.337 e. The molecule has 1 unspecified atom stereocenters. The maximum Gasteiger partial charge on any atom is 0.331 e. The molecule has 0 aliphatic carbocycles. The predicted molar refractivity (Wildman–Crippen MR) is 74.7 cm³/mol. The molecule has 0 spiro atoms. The average molecular weight is 280 g/mol. The molecule has 1 aromatic rings. The molecular formula is C13H20N4O3. The predicted octanol–water partition coefficient (Wildman–Crippen LogP) is -0.963. The third-order valence-electron chi connectivity index (χ3n) is 3.81. The standard InChI is InChI=1S/C13H20N4O3/c1-15-10(8-11(18)16(2)13(15)20)12(19)17-6-3-4-9(14)5-7-17/h8-9H,3-7,14H2,1-2H3. The molecule has 2 heterocycles. The Labute approximate surface area is 116 Å². The van der Waals surface area contributed by atoms with Crippen LogP contribution in [0.25, 0.3) is 0 Å². The Morgan fingerprint density at radius 3 is 2.60 bits per heavy atom. The van der Waals surface area contributed by atoms with Crippen molar-refractivity contribution in [3.05, 3.63) is 32.6 Å². The minimum absolute atomic E-state index is 0.111. The van der Waals surface area contributed by atoms with Crippen molar-refractivity contribution >= 4 is 5.91 Å². The van der Waals surface area contributed by atoms with E-state index in [9.17, 15) is 14.4 Å². The lowest BCUT2D eigenvalue weighted by Gasteiger charge is -2.21. The summed E-state index contributed by atoms with van der Waals surface area (Å²) >= 11 is 0. The minimum atomic E-state index is -0.493. The first kappa shape index (κ1) is 14.5. The Bertz CT molecular complexity index is 631. The second kappa shape index (κ2) is 5.62. The van der Waals surface area contributed by atoms with Gasteiger partial charge in [0.15, 0.2) is 0 Å². The highest BCUT2D eigenvalue weighted by atomic mass is 16.2. The maximum atomic E-state index is 12.5. The van der Waals surface area contributed by atoms with Crippen LogP contribution in [0, 0.1) is 0 Å². The quantitative estimate of drug-likeness (QED) is 0.717. The molecule has 2 N–H and O–H groups in total. The van der Waals surface area contributed by atoms with Crippen molar-refractivity contribution in [2.24, 2.45) is 19.8 Å². The highest BCUT2D eigenvalue weighted by Gasteiger charge is 2.22. The molecule has 2 rings (SSSR count). The van der Waals surface area contributed by atoms with E-state index < -0.39 is 11.2 Å². The van der Waals surface area contributed by atoms with Crippen LogP contribution in [0.2, 0.25) is 0 Å². The molecule has 0 saturated carbocycles. The van der Waals surface area contributed by atoms with Crippen molar-refractivity contribution in [3.8, 4) is 0 Å². The number of rotatable bonds is 1. The van der Waals surface area contributed by atoms with Crippen LogP contribution in [0.5, 0.6) is 0 Å². The molecule has 0 aromatic carbocycles. The SMILES string of the molecule is Cn1c(C(=O)N2CCCC(N)CC2)cc(=O)n(C)c1=O. The third kappa shape index (κ3) is 2.67. The van der Waals surface area contributed by atoms with E-state index >= 15 is 0 Å². The summed E-state index contributed by atoms with van der Waals surface area (Å²) in [6, 6.07) is 1.33. The zero-order valence-corrected chi connectivity index (χ0v) is 11.8. The second-order valence-electron chi connectivity index (χ2n) is 5.25. The van der Waals surface area contributed by atoms with Gasteiger partial charge in [-0.1, -0.05) is 0 Å². The van der Waals surface area contributed by atoms with Crippen LogP contribution in [-0.2, 0) is 14.1 Å². The van der Waals surface area contributed by atoms with Crippen LogP contribution in [0.3, 0.4) is 0 Å². The largest absolute Gasteiger partial charge is 0.337 e. The fourth-order valence-electron chi connectivity index (χ4n) is 2.43. The number of likely N-dealkylation sites (tertiary alicyclic amines) is 1. The van der Waals surface area contributed by atoms with Crippen molar-refractivity contribution < 1.29 is 4.79 Å². The fourth-order valence-corrected chi connectivity index (χ4v) is 2.43. The van der Waals surface area contributed by atoms with E-state index in [4.69, 9.17) is 5.73 Å². The van der Waals surface area contributed by atoms with Gasteiger partial charge in [-0.25, -0.2) is 4.79 Å². The van der Waals surface area contributed by atoms with E-state index in [1.165, 1.54) is 24.7 Å². The summed E-state index contributed by atoms with van der Waals surface area (Å²) < 4.78 is 2.20. The number of hydrogen-bond donors (Lipinski definition) is 1. The maximum absolute atomic E-state index is 12.5. The highest BCUT2D eigenvalue weighted by molar-refractivity contribution is 5.92. The summed E-state index contributed by atoms with van der Waals surface area (Å²) in [5.41, 5.74) is 5.06. The van der Waals surface area contributed by atoms with Gasteiger partial charge in [0.1, 0.15) is 5.69 Å². The zero-order chi connectivity index (χ0) is 14.9. The van der Waals surface area contributed by atoms with E-state index in [0.717, 1.165) is 23.8 Å². The van der Waals surface area contributed by atoms with Crippen LogP contribution < -0.4 is 17.0 Å². The summed E-state index contributed by atoms with van der Waals surface area (Å²) in [5.74, 6) is -0.281. The Hall–Kier alpha value is -1.89. The Morgan fingerprint density at radius 1 is 1.20 bits per heavy atom. The van der Waals surface area contributed by atoms with Gasteiger partial charge in [0.05, 0.1) is 0 Å². The lowest BCUT2D eigenvalue weighted by Crippen LogP contribution is -2.42. The number of aromatic nitrogens is 2. The topological polar surface area (TPSA) is 90.3 Å². The van der Waals surface area contributed by atoms with Crippen LogP contribution in [-0.4, -0.2) is 39.1 Å². The van der Waals surface area contributed by atoms with E-state index in [-0.39, 0.29) is 17.6 Å². The number of hydrogen-bond acceptors (Lipinski definition) is 4. The van der Waals surface area contributed by atoms with Gasteiger partial charge in [-0.3, -0.25) is 18.7 Å².